The summed E-state index contributed by atoms with van der Waals surface area (Å²) in [5, 5.41) is 9.48. The smallest absolute Gasteiger partial charge is 0.362 e. The molecule has 1 N–H and O–H groups in total. The molecule has 0 amide bonds. The molecule has 8 nitrogen and oxygen atoms in total. The molecule has 0 aliphatic carbocycles. The second kappa shape index (κ2) is 23.2. The number of unbranched alkanes of at least 4 members (excludes halogenated alkanes) is 12. The van der Waals surface area contributed by atoms with Crippen LogP contribution >= 0.6 is 0 Å². The van der Waals surface area contributed by atoms with E-state index in [2.05, 4.69) is 13.8 Å². The largest absolute Gasteiger partial charge is 0.477 e. The molecule has 0 rings (SSSR count). The SMILES string of the molecule is CCCCCCCCCCCCCC(=O)OC(COCCC(C(=O)O)[N+](C)(C)C)COC(=O)CCCCC. The van der Waals surface area contributed by atoms with E-state index < -0.39 is 18.1 Å². The highest BCUT2D eigenvalue weighted by molar-refractivity contribution is 5.72. The van der Waals surface area contributed by atoms with Gasteiger partial charge in [-0.05, 0) is 12.8 Å². The van der Waals surface area contributed by atoms with Gasteiger partial charge in [-0.2, -0.15) is 0 Å². The zero-order chi connectivity index (χ0) is 28.7. The lowest BCUT2D eigenvalue weighted by molar-refractivity contribution is -0.887. The first-order valence-corrected chi connectivity index (χ1v) is 15.1. The second-order valence-electron chi connectivity index (χ2n) is 11.4. The molecule has 0 aromatic heterocycles. The monoisotopic (exact) mass is 544 g/mol. The normalized spacial score (nSPS) is 13.2. The summed E-state index contributed by atoms with van der Waals surface area (Å²) in [5.41, 5.74) is 0. The maximum absolute atomic E-state index is 12.4. The standard InChI is InChI=1S/C30H57NO7/c1-6-8-10-11-12-13-14-15-16-17-19-21-29(33)38-26(25-37-28(32)20-18-9-7-2)24-36-23-22-27(30(34)35)31(3,4)5/h26-27H,6-25H2,1-5H3/p+1. The molecule has 38 heavy (non-hydrogen) atoms. The first-order chi connectivity index (χ1) is 18.1. The quantitative estimate of drug-likeness (QED) is 0.0776. The van der Waals surface area contributed by atoms with E-state index in [4.69, 9.17) is 14.2 Å². The number of nitrogens with zero attached hydrogens (tertiary/aromatic N) is 1. The van der Waals surface area contributed by atoms with Gasteiger partial charge in [0.1, 0.15) is 6.61 Å². The molecule has 0 heterocycles. The lowest BCUT2D eigenvalue weighted by Gasteiger charge is -2.31. The Balaban J connectivity index is 4.39. The average molecular weight is 545 g/mol. The number of carboxylic acids is 1. The Labute approximate surface area is 232 Å². The van der Waals surface area contributed by atoms with E-state index in [1.54, 1.807) is 0 Å². The first kappa shape index (κ1) is 36.3. The molecule has 0 saturated heterocycles. The maximum Gasteiger partial charge on any atom is 0.362 e. The van der Waals surface area contributed by atoms with Crippen LogP contribution in [0.4, 0.5) is 0 Å². The summed E-state index contributed by atoms with van der Waals surface area (Å²) < 4.78 is 16.9. The van der Waals surface area contributed by atoms with Gasteiger partial charge >= 0.3 is 17.9 Å². The summed E-state index contributed by atoms with van der Waals surface area (Å²) in [6.07, 6.45) is 16.4. The number of quaternary nitrogens is 1. The fourth-order valence-electron chi connectivity index (χ4n) is 4.32. The van der Waals surface area contributed by atoms with E-state index in [0.29, 0.717) is 19.3 Å². The lowest BCUT2D eigenvalue weighted by Crippen LogP contribution is -2.50. The van der Waals surface area contributed by atoms with E-state index in [1.807, 2.05) is 21.1 Å². The summed E-state index contributed by atoms with van der Waals surface area (Å²) in [4.78, 5) is 36.0. The van der Waals surface area contributed by atoms with Crippen LogP contribution in [0.3, 0.4) is 0 Å². The number of ether oxygens (including phenoxy) is 3. The van der Waals surface area contributed by atoms with Crippen molar-refractivity contribution in [3.05, 3.63) is 0 Å². The summed E-state index contributed by atoms with van der Waals surface area (Å²) in [7, 11) is 5.49. The van der Waals surface area contributed by atoms with Crippen molar-refractivity contribution in [3.63, 3.8) is 0 Å². The number of carbonyl (C=O) groups is 3. The Kier molecular flexibility index (Phi) is 22.2. The Morgan fingerprint density at radius 3 is 1.68 bits per heavy atom. The molecule has 2 atom stereocenters. The van der Waals surface area contributed by atoms with Crippen molar-refractivity contribution in [2.24, 2.45) is 0 Å². The van der Waals surface area contributed by atoms with Gasteiger partial charge in [0.15, 0.2) is 12.1 Å². The molecular weight excluding hydrogens is 486 g/mol. The van der Waals surface area contributed by atoms with Crippen molar-refractivity contribution < 1.29 is 38.2 Å². The lowest BCUT2D eigenvalue weighted by atomic mass is 10.1. The van der Waals surface area contributed by atoms with Crippen molar-refractivity contribution in [1.82, 2.24) is 0 Å². The van der Waals surface area contributed by atoms with Gasteiger partial charge in [0.2, 0.25) is 0 Å². The van der Waals surface area contributed by atoms with Crippen molar-refractivity contribution >= 4 is 17.9 Å². The van der Waals surface area contributed by atoms with Gasteiger partial charge in [-0.1, -0.05) is 90.9 Å². The number of carboxylic acid groups (broad SMARTS) is 1. The molecule has 2 unspecified atom stereocenters. The van der Waals surface area contributed by atoms with Gasteiger partial charge in [-0.3, -0.25) is 9.59 Å². The van der Waals surface area contributed by atoms with Crippen LogP contribution in [0.25, 0.3) is 0 Å². The van der Waals surface area contributed by atoms with Gasteiger partial charge in [0, 0.05) is 19.3 Å². The highest BCUT2D eigenvalue weighted by atomic mass is 16.6. The van der Waals surface area contributed by atoms with E-state index in [9.17, 15) is 19.5 Å². The van der Waals surface area contributed by atoms with Gasteiger partial charge < -0.3 is 23.8 Å². The van der Waals surface area contributed by atoms with Crippen molar-refractivity contribution in [2.75, 3.05) is 41.0 Å². The third kappa shape index (κ3) is 21.3. The molecule has 0 aromatic carbocycles. The van der Waals surface area contributed by atoms with Gasteiger partial charge in [-0.25, -0.2) is 4.79 Å². The Bertz CT molecular complexity index is 618. The van der Waals surface area contributed by atoms with Crippen molar-refractivity contribution in [1.29, 1.82) is 0 Å². The molecule has 0 fully saturated rings. The van der Waals surface area contributed by atoms with Crippen LogP contribution in [0.15, 0.2) is 0 Å². The van der Waals surface area contributed by atoms with Crippen LogP contribution in [0.2, 0.25) is 0 Å². The number of likely N-dealkylation sites (N-methyl/N-ethyl adjacent to an activating group) is 1. The molecule has 8 heteroatoms. The fraction of sp³-hybridized carbons (Fsp3) is 0.900. The molecule has 0 saturated carbocycles. The molecule has 0 aliphatic heterocycles. The Morgan fingerprint density at radius 1 is 0.684 bits per heavy atom. The molecule has 0 spiro atoms. The van der Waals surface area contributed by atoms with Crippen LogP contribution < -0.4 is 0 Å². The highest BCUT2D eigenvalue weighted by Crippen LogP contribution is 2.13. The number of aliphatic carboxylic acids is 1. The number of esters is 2. The predicted octanol–water partition coefficient (Wildman–Crippen LogP) is 6.29. The van der Waals surface area contributed by atoms with Crippen molar-refractivity contribution in [3.8, 4) is 0 Å². The van der Waals surface area contributed by atoms with E-state index in [-0.39, 0.29) is 36.2 Å². The first-order valence-electron chi connectivity index (χ1n) is 15.1. The summed E-state index contributed by atoms with van der Waals surface area (Å²) >= 11 is 0. The zero-order valence-corrected chi connectivity index (χ0v) is 25.1. The fourth-order valence-corrected chi connectivity index (χ4v) is 4.32. The van der Waals surface area contributed by atoms with Crippen LogP contribution in [0, 0.1) is 0 Å². The predicted molar refractivity (Wildman–Crippen MR) is 151 cm³/mol. The van der Waals surface area contributed by atoms with E-state index in [1.165, 1.54) is 51.4 Å². The zero-order valence-electron chi connectivity index (χ0n) is 25.1. The third-order valence-corrected chi connectivity index (χ3v) is 6.76. The van der Waals surface area contributed by atoms with Crippen LogP contribution in [0.5, 0.6) is 0 Å². The van der Waals surface area contributed by atoms with Crippen LogP contribution in [-0.4, -0.2) is 80.6 Å². The summed E-state index contributed by atoms with van der Waals surface area (Å²) in [5.74, 6) is -1.50. The molecule has 0 aromatic rings. The van der Waals surface area contributed by atoms with Crippen LogP contribution in [0.1, 0.15) is 123 Å². The number of carbonyl (C=O) groups excluding carboxylic acids is 2. The number of rotatable bonds is 26. The van der Waals surface area contributed by atoms with Crippen molar-refractivity contribution in [2.45, 2.75) is 135 Å². The Morgan fingerprint density at radius 2 is 1.16 bits per heavy atom. The second-order valence-corrected chi connectivity index (χ2v) is 11.4. The van der Waals surface area contributed by atoms with Gasteiger partial charge in [0.05, 0.1) is 34.4 Å². The third-order valence-electron chi connectivity index (χ3n) is 6.76. The summed E-state index contributed by atoms with van der Waals surface area (Å²) in [6.45, 7) is 4.54. The molecule has 0 radical (unpaired) electrons. The molecule has 0 bridgehead atoms. The van der Waals surface area contributed by atoms with Gasteiger partial charge in [-0.15, -0.1) is 0 Å². The van der Waals surface area contributed by atoms with E-state index in [0.717, 1.165) is 38.5 Å². The minimum Gasteiger partial charge on any atom is -0.477 e. The topological polar surface area (TPSA) is 99.1 Å². The Hall–Kier alpha value is -1.67. The number of hydrogen-bond donors (Lipinski definition) is 1. The summed E-state index contributed by atoms with van der Waals surface area (Å²) in [6, 6.07) is -0.603. The molecular formula is C30H58NO7+. The average Bonchev–Trinajstić information content (AvgIpc) is 2.84. The number of hydrogen-bond acceptors (Lipinski definition) is 6. The minimum absolute atomic E-state index is 0.0490. The van der Waals surface area contributed by atoms with E-state index >= 15 is 0 Å². The minimum atomic E-state index is -0.878. The maximum atomic E-state index is 12.4. The molecule has 224 valence electrons. The van der Waals surface area contributed by atoms with Crippen LogP contribution in [-0.2, 0) is 28.6 Å². The highest BCUT2D eigenvalue weighted by Gasteiger charge is 2.31. The molecule has 0 aliphatic rings. The van der Waals surface area contributed by atoms with Gasteiger partial charge in [0.25, 0.3) is 0 Å².